The zero-order valence-electron chi connectivity index (χ0n) is 8.37. The molecule has 0 aromatic carbocycles. The van der Waals surface area contributed by atoms with Crippen LogP contribution in [0, 0.1) is 0 Å². The van der Waals surface area contributed by atoms with Gasteiger partial charge in [-0.3, -0.25) is 9.63 Å². The average Bonchev–Trinajstić information content (AvgIpc) is 2.09. The molecule has 0 aromatic rings. The van der Waals surface area contributed by atoms with Crippen molar-refractivity contribution in [1.29, 1.82) is 0 Å². The van der Waals surface area contributed by atoms with Crippen LogP contribution >= 0.6 is 0 Å². The van der Waals surface area contributed by atoms with Crippen molar-refractivity contribution in [3.05, 3.63) is 11.5 Å². The molecule has 5 nitrogen and oxygen atoms in total. The van der Waals surface area contributed by atoms with Crippen molar-refractivity contribution in [2.75, 3.05) is 12.9 Å². The lowest BCUT2D eigenvalue weighted by Crippen LogP contribution is -2.28. The lowest BCUT2D eigenvalue weighted by atomic mass is 10.4. The van der Waals surface area contributed by atoms with Crippen LogP contribution in [0.3, 0.4) is 0 Å². The molecule has 0 radical (unpaired) electrons. The highest BCUT2D eigenvalue weighted by Gasteiger charge is 2.17. The molecule has 0 unspecified atom stereocenters. The maximum absolute atomic E-state index is 11.0. The first-order valence-corrected chi connectivity index (χ1v) is 6.09. The maximum atomic E-state index is 11.0. The van der Waals surface area contributed by atoms with E-state index in [1.165, 1.54) is 0 Å². The standard InChI is InChI=1S/C8H15NO4S/c1-4-5-6-13-9-8(10)7(2)14(3,11)12/h2,4-6H2,1,3H3,(H,9,10). The van der Waals surface area contributed by atoms with Crippen LogP contribution in [0.4, 0.5) is 0 Å². The molecule has 0 aliphatic heterocycles. The minimum absolute atomic E-state index is 0.360. The van der Waals surface area contributed by atoms with Gasteiger partial charge in [0.15, 0.2) is 9.84 Å². The topological polar surface area (TPSA) is 72.5 Å². The number of unbranched alkanes of at least 4 members (excludes halogenated alkanes) is 1. The molecule has 1 amide bonds. The third-order valence-corrected chi connectivity index (χ3v) is 2.55. The molecule has 0 aliphatic rings. The molecule has 6 heteroatoms. The molecule has 0 saturated heterocycles. The first kappa shape index (κ1) is 13.1. The number of hydrogen-bond acceptors (Lipinski definition) is 4. The predicted octanol–water partition coefficient (Wildman–Crippen LogP) is 0.393. The molecule has 0 aromatic heterocycles. The van der Waals surface area contributed by atoms with Crippen LogP contribution in [0.5, 0.6) is 0 Å². The van der Waals surface area contributed by atoms with Gasteiger partial charge in [-0.15, -0.1) is 0 Å². The summed E-state index contributed by atoms with van der Waals surface area (Å²) in [6.45, 7) is 5.48. The molecule has 0 bridgehead atoms. The van der Waals surface area contributed by atoms with E-state index in [0.717, 1.165) is 19.1 Å². The van der Waals surface area contributed by atoms with Gasteiger partial charge in [0.2, 0.25) is 0 Å². The molecule has 0 aliphatic carbocycles. The summed E-state index contributed by atoms with van der Waals surface area (Å²) >= 11 is 0. The van der Waals surface area contributed by atoms with Gasteiger partial charge in [0, 0.05) is 6.26 Å². The van der Waals surface area contributed by atoms with Gasteiger partial charge in [-0.25, -0.2) is 13.9 Å². The van der Waals surface area contributed by atoms with E-state index in [1.54, 1.807) is 0 Å². The first-order valence-electron chi connectivity index (χ1n) is 4.20. The smallest absolute Gasteiger partial charge is 0.273 e. The largest absolute Gasteiger partial charge is 0.285 e. The minimum atomic E-state index is -3.53. The summed E-state index contributed by atoms with van der Waals surface area (Å²) in [6.07, 6.45) is 2.65. The SMILES string of the molecule is C=C(C(=O)NOCCCC)S(C)(=O)=O. The average molecular weight is 221 g/mol. The third-order valence-electron chi connectivity index (χ3n) is 1.47. The zero-order valence-corrected chi connectivity index (χ0v) is 9.19. The summed E-state index contributed by atoms with van der Waals surface area (Å²) in [5.41, 5.74) is 2.01. The first-order chi connectivity index (χ1) is 6.39. The molecule has 82 valence electrons. The molecule has 14 heavy (non-hydrogen) atoms. The molecule has 0 saturated carbocycles. The Bertz CT molecular complexity index is 307. The van der Waals surface area contributed by atoms with Crippen LogP contribution in [-0.2, 0) is 19.5 Å². The Morgan fingerprint density at radius 3 is 2.50 bits per heavy atom. The number of rotatable bonds is 6. The van der Waals surface area contributed by atoms with E-state index in [0.29, 0.717) is 6.61 Å². The normalized spacial score (nSPS) is 11.0. The van der Waals surface area contributed by atoms with Crippen molar-refractivity contribution < 1.29 is 18.0 Å². The van der Waals surface area contributed by atoms with Gasteiger partial charge in [0.1, 0.15) is 4.91 Å². The summed E-state index contributed by atoms with van der Waals surface area (Å²) in [4.78, 5) is 15.3. The summed E-state index contributed by atoms with van der Waals surface area (Å²) in [7, 11) is -3.53. The van der Waals surface area contributed by atoms with Crippen molar-refractivity contribution in [2.24, 2.45) is 0 Å². The highest BCUT2D eigenvalue weighted by atomic mass is 32.2. The summed E-state index contributed by atoms with van der Waals surface area (Å²) in [6, 6.07) is 0. The highest BCUT2D eigenvalue weighted by molar-refractivity contribution is 7.95. The van der Waals surface area contributed by atoms with Crippen LogP contribution in [0.2, 0.25) is 0 Å². The van der Waals surface area contributed by atoms with E-state index in [1.807, 2.05) is 12.4 Å². The molecular formula is C8H15NO4S. The van der Waals surface area contributed by atoms with Gasteiger partial charge >= 0.3 is 0 Å². The van der Waals surface area contributed by atoms with Crippen LogP contribution in [-0.4, -0.2) is 27.2 Å². The number of nitrogens with one attached hydrogen (secondary N) is 1. The van der Waals surface area contributed by atoms with Gasteiger partial charge in [0.25, 0.3) is 5.91 Å². The van der Waals surface area contributed by atoms with Crippen LogP contribution in [0.25, 0.3) is 0 Å². The third kappa shape index (κ3) is 4.98. The van der Waals surface area contributed by atoms with Crippen LogP contribution in [0.15, 0.2) is 11.5 Å². The van der Waals surface area contributed by atoms with Crippen molar-refractivity contribution in [1.82, 2.24) is 5.48 Å². The fourth-order valence-electron chi connectivity index (χ4n) is 0.558. The van der Waals surface area contributed by atoms with E-state index >= 15 is 0 Å². The Morgan fingerprint density at radius 1 is 1.50 bits per heavy atom. The lowest BCUT2D eigenvalue weighted by Gasteiger charge is -2.05. The molecular weight excluding hydrogens is 206 g/mol. The van der Waals surface area contributed by atoms with Gasteiger partial charge in [-0.1, -0.05) is 19.9 Å². The molecule has 1 N–H and O–H groups in total. The minimum Gasteiger partial charge on any atom is -0.273 e. The van der Waals surface area contributed by atoms with E-state index in [9.17, 15) is 13.2 Å². The Labute approximate surface area is 84.0 Å². The second-order valence-corrected chi connectivity index (χ2v) is 4.87. The van der Waals surface area contributed by atoms with Crippen LogP contribution in [0.1, 0.15) is 19.8 Å². The fourth-order valence-corrected chi connectivity index (χ4v) is 0.937. The Balaban J connectivity index is 3.93. The second kappa shape index (κ2) is 5.77. The van der Waals surface area contributed by atoms with Crippen molar-refractivity contribution in [2.45, 2.75) is 19.8 Å². The summed E-state index contributed by atoms with van der Waals surface area (Å²) in [5, 5.41) is 0. The number of hydroxylamine groups is 1. The molecule has 0 atom stereocenters. The van der Waals surface area contributed by atoms with Crippen molar-refractivity contribution in [3.8, 4) is 0 Å². The number of carbonyl (C=O) groups is 1. The van der Waals surface area contributed by atoms with Crippen LogP contribution < -0.4 is 5.48 Å². The number of carbonyl (C=O) groups excluding carboxylic acids is 1. The molecule has 0 rings (SSSR count). The summed E-state index contributed by atoms with van der Waals surface area (Å²) in [5.74, 6) is -0.816. The Morgan fingerprint density at radius 2 is 2.07 bits per heavy atom. The molecule has 0 heterocycles. The maximum Gasteiger partial charge on any atom is 0.285 e. The number of amides is 1. The van der Waals surface area contributed by atoms with E-state index < -0.39 is 20.6 Å². The van der Waals surface area contributed by atoms with Gasteiger partial charge < -0.3 is 0 Å². The van der Waals surface area contributed by atoms with Crippen molar-refractivity contribution >= 4 is 15.7 Å². The van der Waals surface area contributed by atoms with Gasteiger partial charge in [-0.05, 0) is 6.42 Å². The zero-order chi connectivity index (χ0) is 11.2. The van der Waals surface area contributed by atoms with E-state index in [-0.39, 0.29) is 0 Å². The van der Waals surface area contributed by atoms with Gasteiger partial charge in [-0.2, -0.15) is 0 Å². The van der Waals surface area contributed by atoms with E-state index in [4.69, 9.17) is 4.84 Å². The number of sulfone groups is 1. The van der Waals surface area contributed by atoms with Crippen molar-refractivity contribution in [3.63, 3.8) is 0 Å². The number of hydrogen-bond donors (Lipinski definition) is 1. The Kier molecular flexibility index (Phi) is 5.40. The fraction of sp³-hybridized carbons (Fsp3) is 0.625. The second-order valence-electron chi connectivity index (χ2n) is 2.83. The molecule has 0 spiro atoms. The van der Waals surface area contributed by atoms with Gasteiger partial charge in [0.05, 0.1) is 6.61 Å². The monoisotopic (exact) mass is 221 g/mol. The van der Waals surface area contributed by atoms with E-state index in [2.05, 4.69) is 6.58 Å². The molecule has 0 fully saturated rings. The lowest BCUT2D eigenvalue weighted by molar-refractivity contribution is -0.128. The highest BCUT2D eigenvalue weighted by Crippen LogP contribution is 2.00. The predicted molar refractivity (Wildman–Crippen MR) is 53.0 cm³/mol. The Hall–Kier alpha value is -0.880. The quantitative estimate of drug-likeness (QED) is 0.400. The summed E-state index contributed by atoms with van der Waals surface area (Å²) < 4.78 is 21.7.